The average Bonchev–Trinajstić information content (AvgIpc) is 2.29. The van der Waals surface area contributed by atoms with Crippen molar-refractivity contribution >= 4 is 33.2 Å². The fraction of sp³-hybridized carbons (Fsp3) is 0. The lowest BCUT2D eigenvalue weighted by Crippen LogP contribution is -1.92. The van der Waals surface area contributed by atoms with Gasteiger partial charge in [0.05, 0.1) is 10.5 Å². The van der Waals surface area contributed by atoms with Crippen molar-refractivity contribution in [2.45, 2.75) is 0 Å². The maximum atomic E-state index is 11.0. The fourth-order valence-corrected chi connectivity index (χ4v) is 2.16. The zero-order valence-corrected chi connectivity index (χ0v) is 10.9. The maximum Gasteiger partial charge on any atom is 0.277 e. The monoisotopic (exact) mass is 311 g/mol. The highest BCUT2D eigenvalue weighted by Gasteiger charge is 2.17. The third-order valence-corrected chi connectivity index (χ3v) is 3.14. The van der Waals surface area contributed by atoms with Gasteiger partial charge in [-0.25, -0.2) is 0 Å². The van der Waals surface area contributed by atoms with E-state index in [1.54, 1.807) is 36.4 Å². The number of hydrogen-bond acceptors (Lipinski definition) is 2. The average molecular weight is 313 g/mol. The first-order chi connectivity index (χ1) is 8.09. The second-order valence-electron chi connectivity index (χ2n) is 3.40. The van der Waals surface area contributed by atoms with E-state index in [0.717, 1.165) is 4.47 Å². The highest BCUT2D eigenvalue weighted by atomic mass is 79.9. The lowest BCUT2D eigenvalue weighted by Gasteiger charge is -2.05. The molecule has 0 spiro atoms. The van der Waals surface area contributed by atoms with Crippen molar-refractivity contribution in [3.63, 3.8) is 0 Å². The summed E-state index contributed by atoms with van der Waals surface area (Å²) in [6.07, 6.45) is 0. The van der Waals surface area contributed by atoms with Crippen molar-refractivity contribution in [1.82, 2.24) is 0 Å². The molecule has 17 heavy (non-hydrogen) atoms. The van der Waals surface area contributed by atoms with E-state index in [1.807, 2.05) is 0 Å². The molecular formula is C12H7BrClNO2. The van der Waals surface area contributed by atoms with Gasteiger partial charge in [-0.15, -0.1) is 0 Å². The molecular weight excluding hydrogens is 305 g/mol. The number of nitro groups is 1. The van der Waals surface area contributed by atoms with Gasteiger partial charge in [0.25, 0.3) is 5.69 Å². The second-order valence-corrected chi connectivity index (χ2v) is 4.72. The molecule has 0 bridgehead atoms. The van der Waals surface area contributed by atoms with Gasteiger partial charge in [0.2, 0.25) is 0 Å². The first-order valence-corrected chi connectivity index (χ1v) is 5.95. The van der Waals surface area contributed by atoms with E-state index in [4.69, 9.17) is 11.6 Å². The van der Waals surface area contributed by atoms with Gasteiger partial charge < -0.3 is 0 Å². The molecule has 2 rings (SSSR count). The van der Waals surface area contributed by atoms with Crippen molar-refractivity contribution in [3.05, 3.63) is 62.1 Å². The molecule has 0 fully saturated rings. The summed E-state index contributed by atoms with van der Waals surface area (Å²) in [4.78, 5) is 10.6. The van der Waals surface area contributed by atoms with Gasteiger partial charge in [-0.2, -0.15) is 0 Å². The molecule has 0 atom stereocenters. The van der Waals surface area contributed by atoms with Gasteiger partial charge in [-0.1, -0.05) is 45.7 Å². The van der Waals surface area contributed by atoms with Crippen LogP contribution in [0.15, 0.2) is 46.9 Å². The smallest absolute Gasteiger partial charge is 0.258 e. The van der Waals surface area contributed by atoms with Crippen LogP contribution in [0, 0.1) is 10.1 Å². The Hall–Kier alpha value is -1.39. The van der Waals surface area contributed by atoms with Crippen LogP contribution >= 0.6 is 27.5 Å². The van der Waals surface area contributed by atoms with E-state index < -0.39 is 4.92 Å². The molecule has 3 nitrogen and oxygen atoms in total. The summed E-state index contributed by atoms with van der Waals surface area (Å²) in [6, 6.07) is 11.8. The van der Waals surface area contributed by atoms with Crippen LogP contribution in [-0.2, 0) is 0 Å². The number of halogens is 2. The Kier molecular flexibility index (Phi) is 3.45. The van der Waals surface area contributed by atoms with Crippen LogP contribution < -0.4 is 0 Å². The normalized spacial score (nSPS) is 10.2. The SMILES string of the molecule is O=[N+]([O-])c1ccc(Br)cc1-c1ccccc1Cl. The summed E-state index contributed by atoms with van der Waals surface area (Å²) in [5.74, 6) is 0. The predicted octanol–water partition coefficient (Wildman–Crippen LogP) is 4.68. The molecule has 0 saturated heterocycles. The topological polar surface area (TPSA) is 43.1 Å². The van der Waals surface area contributed by atoms with Crippen LogP contribution in [0.1, 0.15) is 0 Å². The Bertz CT molecular complexity index is 586. The first-order valence-electron chi connectivity index (χ1n) is 4.78. The van der Waals surface area contributed by atoms with Crippen LogP contribution in [0.4, 0.5) is 5.69 Å². The highest BCUT2D eigenvalue weighted by Crippen LogP contribution is 2.36. The standard InChI is InChI=1S/C12H7BrClNO2/c13-8-5-6-12(15(16)17)10(7-8)9-3-1-2-4-11(9)14/h1-7H. The summed E-state index contributed by atoms with van der Waals surface area (Å²) in [5.41, 5.74) is 1.21. The summed E-state index contributed by atoms with van der Waals surface area (Å²) in [6.45, 7) is 0. The van der Waals surface area contributed by atoms with Gasteiger partial charge in [-0.05, 0) is 18.2 Å². The molecule has 0 unspecified atom stereocenters. The van der Waals surface area contributed by atoms with Crippen LogP contribution in [0.5, 0.6) is 0 Å². The van der Waals surface area contributed by atoms with Gasteiger partial charge in [0, 0.05) is 21.1 Å². The number of hydrogen-bond donors (Lipinski definition) is 0. The van der Waals surface area contributed by atoms with E-state index >= 15 is 0 Å². The third kappa shape index (κ3) is 2.48. The summed E-state index contributed by atoms with van der Waals surface area (Å²) >= 11 is 9.35. The molecule has 0 N–H and O–H groups in total. The summed E-state index contributed by atoms with van der Waals surface area (Å²) in [5, 5.41) is 11.5. The van der Waals surface area contributed by atoms with Crippen molar-refractivity contribution in [2.75, 3.05) is 0 Å². The Balaban J connectivity index is 2.70. The molecule has 0 aliphatic heterocycles. The minimum absolute atomic E-state index is 0.0429. The predicted molar refractivity (Wildman–Crippen MR) is 71.2 cm³/mol. The van der Waals surface area contributed by atoms with Crippen molar-refractivity contribution in [3.8, 4) is 11.1 Å². The largest absolute Gasteiger partial charge is 0.277 e. The summed E-state index contributed by atoms with van der Waals surface area (Å²) in [7, 11) is 0. The first kappa shape index (κ1) is 12.1. The number of nitrogens with zero attached hydrogens (tertiary/aromatic N) is 1. The zero-order chi connectivity index (χ0) is 12.4. The molecule has 0 radical (unpaired) electrons. The second kappa shape index (κ2) is 4.85. The molecule has 86 valence electrons. The lowest BCUT2D eigenvalue weighted by atomic mass is 10.0. The van der Waals surface area contributed by atoms with Crippen molar-refractivity contribution < 1.29 is 4.92 Å². The Morgan fingerprint density at radius 1 is 1.12 bits per heavy atom. The van der Waals surface area contributed by atoms with Crippen LogP contribution in [-0.4, -0.2) is 4.92 Å². The van der Waals surface area contributed by atoms with E-state index in [9.17, 15) is 10.1 Å². The van der Waals surface area contributed by atoms with E-state index in [2.05, 4.69) is 15.9 Å². The molecule has 0 aliphatic carbocycles. The molecule has 0 aliphatic rings. The quantitative estimate of drug-likeness (QED) is 0.597. The molecule has 0 aromatic heterocycles. The molecule has 2 aromatic carbocycles. The number of nitro benzene ring substituents is 1. The van der Waals surface area contributed by atoms with Crippen molar-refractivity contribution in [1.29, 1.82) is 0 Å². The molecule has 0 heterocycles. The van der Waals surface area contributed by atoms with Crippen molar-refractivity contribution in [2.24, 2.45) is 0 Å². The lowest BCUT2D eigenvalue weighted by molar-refractivity contribution is -0.384. The zero-order valence-electron chi connectivity index (χ0n) is 8.56. The van der Waals surface area contributed by atoms with Gasteiger partial charge in [-0.3, -0.25) is 10.1 Å². The Labute approximate surface area is 111 Å². The Morgan fingerprint density at radius 2 is 1.82 bits per heavy atom. The van der Waals surface area contributed by atoms with E-state index in [-0.39, 0.29) is 5.69 Å². The number of benzene rings is 2. The molecule has 0 amide bonds. The summed E-state index contributed by atoms with van der Waals surface area (Å²) < 4.78 is 0.776. The minimum Gasteiger partial charge on any atom is -0.258 e. The van der Waals surface area contributed by atoms with Crippen LogP contribution in [0.25, 0.3) is 11.1 Å². The van der Waals surface area contributed by atoms with Gasteiger partial charge >= 0.3 is 0 Å². The third-order valence-electron chi connectivity index (χ3n) is 2.32. The molecule has 5 heteroatoms. The van der Waals surface area contributed by atoms with E-state index in [1.165, 1.54) is 6.07 Å². The molecule has 2 aromatic rings. The van der Waals surface area contributed by atoms with Gasteiger partial charge in [0.15, 0.2) is 0 Å². The molecule has 0 saturated carbocycles. The fourth-order valence-electron chi connectivity index (χ4n) is 1.56. The van der Waals surface area contributed by atoms with Crippen LogP contribution in [0.3, 0.4) is 0 Å². The Morgan fingerprint density at radius 3 is 2.47 bits per heavy atom. The minimum atomic E-state index is -0.412. The van der Waals surface area contributed by atoms with Gasteiger partial charge in [0.1, 0.15) is 0 Å². The highest BCUT2D eigenvalue weighted by molar-refractivity contribution is 9.10. The maximum absolute atomic E-state index is 11.0. The van der Waals surface area contributed by atoms with Crippen LogP contribution in [0.2, 0.25) is 5.02 Å². The number of rotatable bonds is 2. The van der Waals surface area contributed by atoms with E-state index in [0.29, 0.717) is 16.1 Å².